The van der Waals surface area contributed by atoms with Crippen molar-refractivity contribution in [2.24, 2.45) is 0 Å². The Morgan fingerprint density at radius 1 is 1.15 bits per heavy atom. The van der Waals surface area contributed by atoms with E-state index < -0.39 is 29.3 Å². The first-order chi connectivity index (χ1) is 15.8. The van der Waals surface area contributed by atoms with Gasteiger partial charge in [-0.25, -0.2) is 19.2 Å². The smallest absolute Gasteiger partial charge is 0.418 e. The summed E-state index contributed by atoms with van der Waals surface area (Å²) in [6, 6.07) is 4.96. The molecule has 0 radical (unpaired) electrons. The molecule has 1 amide bonds. The second kappa shape index (κ2) is 8.44. The molecule has 1 atom stereocenters. The number of ether oxygens (including phenoxy) is 1. The number of carbonyl (C=O) groups is 1. The minimum Gasteiger partial charge on any atom is -0.444 e. The van der Waals surface area contributed by atoms with Crippen LogP contribution in [0.15, 0.2) is 36.8 Å². The van der Waals surface area contributed by atoms with Crippen LogP contribution in [0.2, 0.25) is 0 Å². The van der Waals surface area contributed by atoms with Gasteiger partial charge in [-0.2, -0.15) is 13.2 Å². The van der Waals surface area contributed by atoms with Gasteiger partial charge < -0.3 is 19.1 Å². The predicted octanol–water partition coefficient (Wildman–Crippen LogP) is 5.02. The molecule has 1 aliphatic rings. The van der Waals surface area contributed by atoms with E-state index in [1.807, 2.05) is 0 Å². The molecule has 4 rings (SSSR count). The van der Waals surface area contributed by atoms with E-state index in [1.54, 1.807) is 37.5 Å². The lowest BCUT2D eigenvalue weighted by Gasteiger charge is -2.40. The minimum atomic E-state index is -4.68. The molecule has 182 valence electrons. The Bertz CT molecular complexity index is 1220. The summed E-state index contributed by atoms with van der Waals surface area (Å²) in [5.41, 5.74) is -1.34. The zero-order chi connectivity index (χ0) is 24.8. The Morgan fingerprint density at radius 2 is 1.88 bits per heavy atom. The van der Waals surface area contributed by atoms with E-state index >= 15 is 0 Å². The number of anilines is 1. The molecule has 0 bridgehead atoms. The first kappa shape index (κ1) is 23.8. The zero-order valence-electron chi connectivity index (χ0n) is 19.2. The van der Waals surface area contributed by atoms with E-state index in [1.165, 1.54) is 29.1 Å². The maximum Gasteiger partial charge on any atom is 0.418 e. The van der Waals surface area contributed by atoms with E-state index in [4.69, 9.17) is 4.74 Å². The van der Waals surface area contributed by atoms with E-state index in [2.05, 4.69) is 9.97 Å². The highest BCUT2D eigenvalue weighted by Crippen LogP contribution is 2.40. The summed E-state index contributed by atoms with van der Waals surface area (Å²) in [5, 5.41) is -0.169. The van der Waals surface area contributed by atoms with Crippen molar-refractivity contribution in [2.75, 3.05) is 24.5 Å². The molecule has 0 saturated carbocycles. The summed E-state index contributed by atoms with van der Waals surface area (Å²) in [4.78, 5) is 24.1. The van der Waals surface area contributed by atoms with Gasteiger partial charge in [0.15, 0.2) is 5.65 Å². The van der Waals surface area contributed by atoms with Crippen molar-refractivity contribution >= 4 is 22.9 Å². The van der Waals surface area contributed by atoms with Gasteiger partial charge in [0, 0.05) is 37.6 Å². The van der Waals surface area contributed by atoms with E-state index in [9.17, 15) is 22.4 Å². The number of amides is 1. The van der Waals surface area contributed by atoms with E-state index in [0.717, 1.165) is 12.3 Å². The van der Waals surface area contributed by atoms with Crippen LogP contribution in [0.3, 0.4) is 0 Å². The Balaban J connectivity index is 1.74. The third-order valence-electron chi connectivity index (χ3n) is 5.51. The van der Waals surface area contributed by atoms with Crippen molar-refractivity contribution < 1.29 is 27.1 Å². The van der Waals surface area contributed by atoms with Gasteiger partial charge in [0.05, 0.1) is 10.9 Å². The van der Waals surface area contributed by atoms with Crippen molar-refractivity contribution in [1.82, 2.24) is 19.4 Å². The summed E-state index contributed by atoms with van der Waals surface area (Å²) >= 11 is 0. The van der Waals surface area contributed by atoms with Gasteiger partial charge in [-0.1, -0.05) is 6.07 Å². The van der Waals surface area contributed by atoms with Gasteiger partial charge in [-0.3, -0.25) is 0 Å². The average molecular weight is 479 g/mol. The Kier molecular flexibility index (Phi) is 5.91. The second-order valence-corrected chi connectivity index (χ2v) is 9.26. The number of hydrogen-bond donors (Lipinski definition) is 0. The monoisotopic (exact) mass is 479 g/mol. The summed E-state index contributed by atoms with van der Waals surface area (Å²) in [6.07, 6.45) is -3.04. The summed E-state index contributed by atoms with van der Waals surface area (Å²) in [6.45, 7) is 7.89. The Morgan fingerprint density at radius 3 is 2.50 bits per heavy atom. The maximum atomic E-state index is 14.0. The zero-order valence-corrected chi connectivity index (χ0v) is 19.2. The molecule has 0 aliphatic carbocycles. The largest absolute Gasteiger partial charge is 0.444 e. The number of fused-ring (bicyclic) bond motifs is 1. The molecule has 34 heavy (non-hydrogen) atoms. The lowest BCUT2D eigenvalue weighted by Crippen LogP contribution is -2.55. The number of nitrogens with zero attached hydrogens (tertiary/aromatic N) is 5. The average Bonchev–Trinajstić information content (AvgIpc) is 3.12. The molecule has 1 aliphatic heterocycles. The first-order valence-electron chi connectivity index (χ1n) is 10.8. The van der Waals surface area contributed by atoms with Crippen LogP contribution in [-0.2, 0) is 10.9 Å². The van der Waals surface area contributed by atoms with Crippen LogP contribution >= 0.6 is 0 Å². The number of carbonyl (C=O) groups excluding carboxylic acids is 1. The Hall–Kier alpha value is -3.37. The van der Waals surface area contributed by atoms with E-state index in [-0.39, 0.29) is 48.2 Å². The van der Waals surface area contributed by atoms with Gasteiger partial charge in [-0.05, 0) is 45.9 Å². The van der Waals surface area contributed by atoms with Crippen LogP contribution in [0.25, 0.3) is 16.7 Å². The molecule has 3 aromatic rings. The number of benzene rings is 1. The molecule has 2 aromatic heterocycles. The number of halogens is 4. The molecule has 0 N–H and O–H groups in total. The number of aromatic nitrogens is 3. The molecule has 1 fully saturated rings. The topological polar surface area (TPSA) is 63.5 Å². The van der Waals surface area contributed by atoms with Crippen LogP contribution < -0.4 is 4.90 Å². The fourth-order valence-corrected chi connectivity index (χ4v) is 4.06. The van der Waals surface area contributed by atoms with Crippen LogP contribution in [0, 0.1) is 5.82 Å². The fourth-order valence-electron chi connectivity index (χ4n) is 4.06. The SMILES string of the molecule is CC1CN(c2ncnc3c2c(C(F)(F)F)cn3-c2cccc(F)c2)CCN1C(=O)OC(C)(C)C. The molecule has 11 heteroatoms. The third kappa shape index (κ3) is 4.64. The highest BCUT2D eigenvalue weighted by molar-refractivity contribution is 5.93. The molecular formula is C23H25F4N5O2. The quantitative estimate of drug-likeness (QED) is 0.483. The summed E-state index contributed by atoms with van der Waals surface area (Å²) < 4.78 is 62.6. The molecular weight excluding hydrogens is 454 g/mol. The minimum absolute atomic E-state index is 0.0187. The van der Waals surface area contributed by atoms with Crippen LogP contribution in [0.5, 0.6) is 0 Å². The standard InChI is InChI=1S/C23H25F4N5O2/c1-14-11-30(8-9-31(14)21(33)34-22(2,3)4)19-18-17(23(25,26)27)12-32(20(18)29-13-28-19)16-7-5-6-15(24)10-16/h5-7,10,12-14H,8-9,11H2,1-4H3. The first-order valence-corrected chi connectivity index (χ1v) is 10.8. The van der Waals surface area contributed by atoms with Crippen molar-refractivity contribution in [2.45, 2.75) is 45.5 Å². The highest BCUT2D eigenvalue weighted by atomic mass is 19.4. The van der Waals surface area contributed by atoms with Crippen molar-refractivity contribution in [3.63, 3.8) is 0 Å². The van der Waals surface area contributed by atoms with Crippen molar-refractivity contribution in [3.05, 3.63) is 48.2 Å². The normalized spacial score (nSPS) is 17.4. The molecule has 0 spiro atoms. The molecule has 7 nitrogen and oxygen atoms in total. The predicted molar refractivity (Wildman–Crippen MR) is 118 cm³/mol. The maximum absolute atomic E-state index is 14.0. The number of hydrogen-bond acceptors (Lipinski definition) is 5. The lowest BCUT2D eigenvalue weighted by atomic mass is 10.1. The fraction of sp³-hybridized carbons (Fsp3) is 0.435. The van der Waals surface area contributed by atoms with Crippen molar-refractivity contribution in [1.29, 1.82) is 0 Å². The number of rotatable bonds is 2. The molecule has 1 saturated heterocycles. The van der Waals surface area contributed by atoms with Gasteiger partial charge in [0.2, 0.25) is 0 Å². The lowest BCUT2D eigenvalue weighted by molar-refractivity contribution is -0.136. The van der Waals surface area contributed by atoms with Crippen molar-refractivity contribution in [3.8, 4) is 5.69 Å². The van der Waals surface area contributed by atoms with Gasteiger partial charge in [0.25, 0.3) is 0 Å². The number of piperazine rings is 1. The van der Waals surface area contributed by atoms with Crippen LogP contribution in [-0.4, -0.2) is 56.8 Å². The van der Waals surface area contributed by atoms with Gasteiger partial charge >= 0.3 is 12.3 Å². The molecule has 1 aromatic carbocycles. The highest BCUT2D eigenvalue weighted by Gasteiger charge is 2.39. The van der Waals surface area contributed by atoms with Crippen LogP contribution in [0.4, 0.5) is 28.2 Å². The summed E-state index contributed by atoms with van der Waals surface area (Å²) in [7, 11) is 0. The van der Waals surface area contributed by atoms with E-state index in [0.29, 0.717) is 0 Å². The van der Waals surface area contributed by atoms with Gasteiger partial charge in [-0.15, -0.1) is 0 Å². The summed E-state index contributed by atoms with van der Waals surface area (Å²) in [5.74, 6) is -0.461. The third-order valence-corrected chi connectivity index (χ3v) is 5.51. The Labute approximate surface area is 193 Å². The van der Waals surface area contributed by atoms with Gasteiger partial charge in [0.1, 0.15) is 23.6 Å². The second-order valence-electron chi connectivity index (χ2n) is 9.26. The van der Waals surface area contributed by atoms with Crippen LogP contribution in [0.1, 0.15) is 33.3 Å². The molecule has 3 heterocycles. The molecule has 1 unspecified atom stereocenters. The number of alkyl halides is 3.